The van der Waals surface area contributed by atoms with Crippen LogP contribution >= 0.6 is 0 Å². The van der Waals surface area contributed by atoms with E-state index in [2.05, 4.69) is 5.32 Å². The molecule has 28 heavy (non-hydrogen) atoms. The first-order valence-corrected chi connectivity index (χ1v) is 9.18. The summed E-state index contributed by atoms with van der Waals surface area (Å²) >= 11 is 0. The molecule has 0 unspecified atom stereocenters. The summed E-state index contributed by atoms with van der Waals surface area (Å²) in [5.41, 5.74) is 7.77. The number of rotatable bonds is 4. The lowest BCUT2D eigenvalue weighted by Crippen LogP contribution is -2.37. The molecule has 3 N–H and O–H groups in total. The van der Waals surface area contributed by atoms with Crippen molar-refractivity contribution in [3.8, 4) is 0 Å². The van der Waals surface area contributed by atoms with Crippen LogP contribution in [0.5, 0.6) is 0 Å². The molecule has 0 radical (unpaired) electrons. The van der Waals surface area contributed by atoms with Crippen molar-refractivity contribution in [1.82, 2.24) is 4.57 Å². The van der Waals surface area contributed by atoms with Crippen LogP contribution < -0.4 is 11.1 Å². The molecular formula is C22H25N3O3. The Kier molecular flexibility index (Phi) is 5.51. The second kappa shape index (κ2) is 7.86. The second-order valence-electron chi connectivity index (χ2n) is 7.69. The van der Waals surface area contributed by atoms with E-state index in [0.717, 1.165) is 16.5 Å². The average molecular weight is 379 g/mol. The molecule has 146 valence electrons. The van der Waals surface area contributed by atoms with Gasteiger partial charge in [0.25, 0.3) is 0 Å². The summed E-state index contributed by atoms with van der Waals surface area (Å²) < 4.78 is 6.96. The fraction of sp³-hybridized carbons (Fsp3) is 0.273. The number of nitrogens with two attached hydrogens (primary N) is 1. The monoisotopic (exact) mass is 379 g/mol. The van der Waals surface area contributed by atoms with Crippen molar-refractivity contribution in [2.75, 3.05) is 5.32 Å². The normalized spacial score (nSPS) is 12.6. The quantitative estimate of drug-likeness (QED) is 0.719. The third kappa shape index (κ3) is 4.58. The van der Waals surface area contributed by atoms with Gasteiger partial charge in [-0.05, 0) is 51.0 Å². The van der Waals surface area contributed by atoms with E-state index in [4.69, 9.17) is 10.5 Å². The molecule has 1 heterocycles. The molecule has 2 aromatic carbocycles. The minimum absolute atomic E-state index is 0.278. The van der Waals surface area contributed by atoms with E-state index in [-0.39, 0.29) is 5.91 Å². The predicted octanol–water partition coefficient (Wildman–Crippen LogP) is 3.93. The second-order valence-corrected chi connectivity index (χ2v) is 7.69. The Balaban J connectivity index is 1.83. The summed E-state index contributed by atoms with van der Waals surface area (Å²) in [6, 6.07) is 15.9. The molecule has 0 aliphatic heterocycles. The Bertz CT molecular complexity index is 987. The standard InChI is InChI=1S/C22H25N3O3/c1-22(2,3)28-21(27)25-14-15(17-11-7-8-12-19(17)25)13-18(23)20(26)24-16-9-5-4-6-10-16/h4-12,14,18H,13,23H2,1-3H3,(H,24,26)/t18-/m1/s1. The zero-order valence-corrected chi connectivity index (χ0v) is 16.3. The zero-order valence-electron chi connectivity index (χ0n) is 16.3. The molecule has 1 amide bonds. The molecule has 6 heteroatoms. The van der Waals surface area contributed by atoms with Gasteiger partial charge in [0.05, 0.1) is 11.6 Å². The van der Waals surface area contributed by atoms with E-state index >= 15 is 0 Å². The van der Waals surface area contributed by atoms with Gasteiger partial charge in [-0.1, -0.05) is 36.4 Å². The van der Waals surface area contributed by atoms with Crippen molar-refractivity contribution < 1.29 is 14.3 Å². The highest BCUT2D eigenvalue weighted by Crippen LogP contribution is 2.24. The van der Waals surface area contributed by atoms with Crippen LogP contribution in [0.4, 0.5) is 10.5 Å². The summed E-state index contributed by atoms with van der Waals surface area (Å²) in [6.45, 7) is 5.46. The van der Waals surface area contributed by atoms with Crippen LogP contribution in [0, 0.1) is 0 Å². The Hall–Kier alpha value is -3.12. The number of nitrogens with one attached hydrogen (secondary N) is 1. The largest absolute Gasteiger partial charge is 0.443 e. The Morgan fingerprint density at radius 3 is 2.39 bits per heavy atom. The van der Waals surface area contributed by atoms with Crippen molar-refractivity contribution in [1.29, 1.82) is 0 Å². The summed E-state index contributed by atoms with van der Waals surface area (Å²) in [6.07, 6.45) is 1.54. The van der Waals surface area contributed by atoms with Crippen molar-refractivity contribution in [2.45, 2.75) is 38.8 Å². The predicted molar refractivity (Wildman–Crippen MR) is 110 cm³/mol. The maximum Gasteiger partial charge on any atom is 0.419 e. The molecule has 0 spiro atoms. The van der Waals surface area contributed by atoms with Gasteiger partial charge in [-0.3, -0.25) is 9.36 Å². The lowest BCUT2D eigenvalue weighted by Gasteiger charge is -2.19. The van der Waals surface area contributed by atoms with E-state index in [1.807, 2.05) is 63.2 Å². The molecule has 0 aliphatic rings. The third-order valence-electron chi connectivity index (χ3n) is 4.20. The summed E-state index contributed by atoms with van der Waals surface area (Å²) in [5, 5.41) is 3.68. The zero-order chi connectivity index (χ0) is 20.3. The van der Waals surface area contributed by atoms with Crippen molar-refractivity contribution in [2.24, 2.45) is 5.73 Å². The van der Waals surface area contributed by atoms with E-state index in [1.165, 1.54) is 4.57 Å². The van der Waals surface area contributed by atoms with Gasteiger partial charge < -0.3 is 15.8 Å². The lowest BCUT2D eigenvalue weighted by molar-refractivity contribution is -0.117. The van der Waals surface area contributed by atoms with Crippen LogP contribution in [0.25, 0.3) is 10.9 Å². The van der Waals surface area contributed by atoms with Crippen LogP contribution in [0.2, 0.25) is 0 Å². The van der Waals surface area contributed by atoms with E-state index < -0.39 is 17.7 Å². The topological polar surface area (TPSA) is 86.3 Å². The van der Waals surface area contributed by atoms with E-state index in [1.54, 1.807) is 18.3 Å². The van der Waals surface area contributed by atoms with Crippen LogP contribution in [0.15, 0.2) is 60.8 Å². The van der Waals surface area contributed by atoms with Crippen LogP contribution in [0.1, 0.15) is 26.3 Å². The van der Waals surface area contributed by atoms with Crippen LogP contribution in [-0.2, 0) is 16.0 Å². The van der Waals surface area contributed by atoms with Gasteiger partial charge in [0, 0.05) is 17.3 Å². The average Bonchev–Trinajstić information content (AvgIpc) is 3.00. The Labute approximate surface area is 164 Å². The van der Waals surface area contributed by atoms with Gasteiger partial charge in [0.2, 0.25) is 5.91 Å². The number of nitrogens with zero attached hydrogens (tertiary/aromatic N) is 1. The van der Waals surface area contributed by atoms with Gasteiger partial charge in [0.15, 0.2) is 0 Å². The van der Waals surface area contributed by atoms with Crippen molar-refractivity contribution in [3.05, 3.63) is 66.4 Å². The van der Waals surface area contributed by atoms with E-state index in [0.29, 0.717) is 12.1 Å². The third-order valence-corrected chi connectivity index (χ3v) is 4.20. The molecule has 0 bridgehead atoms. The fourth-order valence-corrected chi connectivity index (χ4v) is 2.96. The minimum Gasteiger partial charge on any atom is -0.443 e. The fourth-order valence-electron chi connectivity index (χ4n) is 2.96. The molecule has 3 rings (SSSR count). The van der Waals surface area contributed by atoms with Crippen molar-refractivity contribution in [3.63, 3.8) is 0 Å². The lowest BCUT2D eigenvalue weighted by atomic mass is 10.1. The number of carbonyl (C=O) groups excluding carboxylic acids is 2. The summed E-state index contributed by atoms with van der Waals surface area (Å²) in [7, 11) is 0. The number of para-hydroxylation sites is 2. The number of anilines is 1. The number of benzene rings is 2. The molecule has 1 atom stereocenters. The molecular weight excluding hydrogens is 354 g/mol. The maximum absolute atomic E-state index is 12.6. The highest BCUT2D eigenvalue weighted by atomic mass is 16.6. The highest BCUT2D eigenvalue weighted by Gasteiger charge is 2.22. The molecule has 0 saturated heterocycles. The number of hydrogen-bond donors (Lipinski definition) is 2. The van der Waals surface area contributed by atoms with E-state index in [9.17, 15) is 9.59 Å². The molecule has 6 nitrogen and oxygen atoms in total. The first-order chi connectivity index (χ1) is 13.2. The summed E-state index contributed by atoms with van der Waals surface area (Å²) in [4.78, 5) is 25.0. The molecule has 1 aromatic heterocycles. The molecule has 0 aliphatic carbocycles. The van der Waals surface area contributed by atoms with Gasteiger partial charge >= 0.3 is 6.09 Å². The number of ether oxygens (including phenoxy) is 1. The van der Waals surface area contributed by atoms with Crippen LogP contribution in [-0.4, -0.2) is 28.2 Å². The first kappa shape index (κ1) is 19.6. The first-order valence-electron chi connectivity index (χ1n) is 9.18. The maximum atomic E-state index is 12.6. The number of aromatic nitrogens is 1. The summed E-state index contributed by atoms with van der Waals surface area (Å²) in [5.74, 6) is -0.278. The Morgan fingerprint density at radius 2 is 1.71 bits per heavy atom. The van der Waals surface area contributed by atoms with Gasteiger partial charge in [0.1, 0.15) is 5.60 Å². The van der Waals surface area contributed by atoms with Gasteiger partial charge in [-0.25, -0.2) is 4.79 Å². The molecule has 3 aromatic rings. The Morgan fingerprint density at radius 1 is 1.07 bits per heavy atom. The SMILES string of the molecule is CC(C)(C)OC(=O)n1cc(C[C@@H](N)C(=O)Nc2ccccc2)c2ccccc21. The minimum atomic E-state index is -0.752. The molecule has 0 saturated carbocycles. The highest BCUT2D eigenvalue weighted by molar-refractivity contribution is 5.96. The number of carbonyl (C=O) groups is 2. The number of amides is 1. The van der Waals surface area contributed by atoms with Gasteiger partial charge in [-0.2, -0.15) is 0 Å². The number of hydrogen-bond acceptors (Lipinski definition) is 4. The van der Waals surface area contributed by atoms with Crippen LogP contribution in [0.3, 0.4) is 0 Å². The smallest absolute Gasteiger partial charge is 0.419 e. The van der Waals surface area contributed by atoms with Gasteiger partial charge in [-0.15, -0.1) is 0 Å². The molecule has 0 fully saturated rings. The number of fused-ring (bicyclic) bond motifs is 1. The van der Waals surface area contributed by atoms with Crippen molar-refractivity contribution >= 4 is 28.6 Å².